The number of benzene rings is 1. The molecule has 0 aliphatic carbocycles. The second-order valence-electron chi connectivity index (χ2n) is 3.65. The highest BCUT2D eigenvalue weighted by Crippen LogP contribution is 2.24. The van der Waals surface area contributed by atoms with E-state index < -0.39 is 0 Å². The van der Waals surface area contributed by atoms with Gasteiger partial charge in [0, 0.05) is 4.47 Å². The van der Waals surface area contributed by atoms with Gasteiger partial charge in [0.15, 0.2) is 0 Å². The van der Waals surface area contributed by atoms with Crippen molar-refractivity contribution in [2.24, 2.45) is 0 Å². The zero-order valence-electron chi connectivity index (χ0n) is 9.26. The van der Waals surface area contributed by atoms with Crippen molar-refractivity contribution in [1.29, 1.82) is 10.5 Å². The van der Waals surface area contributed by atoms with Crippen LogP contribution in [0.4, 0.5) is 0 Å². The number of rotatable bonds is 4. The number of hydrogen-bond acceptors (Lipinski definition) is 2. The molecule has 0 aliphatic rings. The van der Waals surface area contributed by atoms with Gasteiger partial charge in [-0.1, -0.05) is 29.3 Å². The van der Waals surface area contributed by atoms with Crippen LogP contribution in [-0.2, 0) is 12.8 Å². The van der Waals surface area contributed by atoms with Gasteiger partial charge in [0.25, 0.3) is 0 Å². The fourth-order valence-electron chi connectivity index (χ4n) is 1.59. The van der Waals surface area contributed by atoms with E-state index in [4.69, 9.17) is 10.5 Å². The maximum atomic E-state index is 9.08. The van der Waals surface area contributed by atoms with Crippen LogP contribution < -0.4 is 0 Å². The normalized spacial score (nSPS) is 9.50. The molecule has 0 amide bonds. The third-order valence-electron chi connectivity index (χ3n) is 2.44. The predicted molar refractivity (Wildman–Crippen MR) is 66.8 cm³/mol. The van der Waals surface area contributed by atoms with Gasteiger partial charge < -0.3 is 0 Å². The third kappa shape index (κ3) is 3.08. The Bertz CT molecular complexity index is 452. The Morgan fingerprint density at radius 1 is 1.31 bits per heavy atom. The molecule has 82 valence electrons. The summed E-state index contributed by atoms with van der Waals surface area (Å²) >= 11 is 3.48. The van der Waals surface area contributed by atoms with Gasteiger partial charge in [-0.2, -0.15) is 10.5 Å². The average molecular weight is 277 g/mol. The zero-order chi connectivity index (χ0) is 12.0. The van der Waals surface area contributed by atoms with Crippen molar-refractivity contribution in [2.75, 3.05) is 0 Å². The second kappa shape index (κ2) is 6.30. The highest BCUT2D eigenvalue weighted by Gasteiger charge is 2.08. The molecule has 0 N–H and O–H groups in total. The fraction of sp³-hybridized carbons (Fsp3) is 0.385. The Morgan fingerprint density at radius 2 is 2.06 bits per heavy atom. The van der Waals surface area contributed by atoms with Gasteiger partial charge in [-0.25, -0.2) is 0 Å². The number of hydrogen-bond donors (Lipinski definition) is 0. The number of unbranched alkanes of at least 4 members (excludes halogenated alkanes) is 1. The van der Waals surface area contributed by atoms with Gasteiger partial charge in [-0.3, -0.25) is 0 Å². The summed E-state index contributed by atoms with van der Waals surface area (Å²) in [4.78, 5) is 0. The minimum Gasteiger partial charge on any atom is -0.198 e. The van der Waals surface area contributed by atoms with Gasteiger partial charge in [0.1, 0.15) is 0 Å². The Balaban J connectivity index is 3.10. The van der Waals surface area contributed by atoms with E-state index in [0.29, 0.717) is 12.0 Å². The maximum absolute atomic E-state index is 9.08. The van der Waals surface area contributed by atoms with Crippen LogP contribution in [0.5, 0.6) is 0 Å². The van der Waals surface area contributed by atoms with Gasteiger partial charge >= 0.3 is 0 Å². The van der Waals surface area contributed by atoms with Crippen molar-refractivity contribution in [3.63, 3.8) is 0 Å². The first-order valence-corrected chi connectivity index (χ1v) is 6.10. The largest absolute Gasteiger partial charge is 0.198 e. The summed E-state index contributed by atoms with van der Waals surface area (Å²) in [5.41, 5.74) is 2.64. The van der Waals surface area contributed by atoms with Gasteiger partial charge in [0.2, 0.25) is 0 Å². The molecular weight excluding hydrogens is 264 g/mol. The lowest BCUT2D eigenvalue weighted by atomic mass is 9.99. The lowest BCUT2D eigenvalue weighted by Gasteiger charge is -2.08. The molecule has 0 saturated carbocycles. The van der Waals surface area contributed by atoms with Gasteiger partial charge in [0.05, 0.1) is 24.1 Å². The molecule has 0 spiro atoms. The number of halogens is 1. The van der Waals surface area contributed by atoms with Crippen molar-refractivity contribution < 1.29 is 0 Å². The Morgan fingerprint density at radius 3 is 2.62 bits per heavy atom. The molecule has 0 heterocycles. The Kier molecular flexibility index (Phi) is 5.02. The van der Waals surface area contributed by atoms with Gasteiger partial charge in [-0.15, -0.1) is 0 Å². The van der Waals surface area contributed by atoms with E-state index in [-0.39, 0.29) is 0 Å². The molecule has 0 bridgehead atoms. The predicted octanol–water partition coefficient (Wildman–Crippen LogP) is 3.73. The molecule has 0 fully saturated rings. The second-order valence-corrected chi connectivity index (χ2v) is 4.51. The molecule has 2 nitrogen and oxygen atoms in total. The Hall–Kier alpha value is -1.32. The van der Waals surface area contributed by atoms with Gasteiger partial charge in [-0.05, 0) is 36.1 Å². The molecular formula is C13H13BrN2. The van der Waals surface area contributed by atoms with Crippen molar-refractivity contribution in [1.82, 2.24) is 0 Å². The molecule has 0 radical (unpaired) electrons. The van der Waals surface area contributed by atoms with Crippen LogP contribution in [0, 0.1) is 22.7 Å². The molecule has 0 saturated heterocycles. The van der Waals surface area contributed by atoms with Crippen LogP contribution in [0.2, 0.25) is 0 Å². The summed E-state index contributed by atoms with van der Waals surface area (Å²) in [6, 6.07) is 8.06. The first-order chi connectivity index (χ1) is 7.72. The topological polar surface area (TPSA) is 47.6 Å². The molecule has 0 unspecified atom stereocenters. The Labute approximate surface area is 105 Å². The first-order valence-electron chi connectivity index (χ1n) is 5.31. The van der Waals surface area contributed by atoms with E-state index in [2.05, 4.69) is 35.0 Å². The number of nitriles is 2. The van der Waals surface area contributed by atoms with Crippen LogP contribution in [0.1, 0.15) is 36.5 Å². The third-order valence-corrected chi connectivity index (χ3v) is 3.15. The maximum Gasteiger partial charge on any atom is 0.0995 e. The van der Waals surface area contributed by atoms with Crippen molar-refractivity contribution in [2.45, 2.75) is 32.6 Å². The number of nitrogens with zero attached hydrogens (tertiary/aromatic N) is 2. The van der Waals surface area contributed by atoms with Crippen LogP contribution >= 0.6 is 15.9 Å². The highest BCUT2D eigenvalue weighted by atomic mass is 79.9. The molecule has 1 rings (SSSR count). The van der Waals surface area contributed by atoms with E-state index in [0.717, 1.165) is 34.9 Å². The minimum atomic E-state index is 0.349. The summed E-state index contributed by atoms with van der Waals surface area (Å²) in [5, 5.41) is 17.7. The van der Waals surface area contributed by atoms with E-state index in [1.807, 2.05) is 12.1 Å². The van der Waals surface area contributed by atoms with Crippen LogP contribution in [0.3, 0.4) is 0 Å². The summed E-state index contributed by atoms with van der Waals surface area (Å²) in [7, 11) is 0. The summed E-state index contributed by atoms with van der Waals surface area (Å²) < 4.78 is 0.949. The standard InChI is InChI=1S/C13H13BrN2/c1-2-3-4-12-11(9-16)7-10(5-6-15)8-13(12)14/h7-8H,2-5H2,1H3. The van der Waals surface area contributed by atoms with Crippen molar-refractivity contribution >= 4 is 15.9 Å². The monoisotopic (exact) mass is 276 g/mol. The first kappa shape index (κ1) is 12.7. The molecule has 3 heteroatoms. The molecule has 0 atom stereocenters. The van der Waals surface area contributed by atoms with Crippen molar-refractivity contribution in [3.05, 3.63) is 33.3 Å². The van der Waals surface area contributed by atoms with E-state index in [1.54, 1.807) is 0 Å². The molecule has 0 aromatic heterocycles. The molecule has 16 heavy (non-hydrogen) atoms. The van der Waals surface area contributed by atoms with E-state index in [9.17, 15) is 0 Å². The molecule has 1 aromatic carbocycles. The van der Waals surface area contributed by atoms with E-state index >= 15 is 0 Å². The smallest absolute Gasteiger partial charge is 0.0995 e. The highest BCUT2D eigenvalue weighted by molar-refractivity contribution is 9.10. The lowest BCUT2D eigenvalue weighted by Crippen LogP contribution is -1.95. The van der Waals surface area contributed by atoms with E-state index in [1.165, 1.54) is 0 Å². The molecule has 1 aromatic rings. The fourth-order valence-corrected chi connectivity index (χ4v) is 2.30. The summed E-state index contributed by atoms with van der Waals surface area (Å²) in [5.74, 6) is 0. The summed E-state index contributed by atoms with van der Waals surface area (Å²) in [6.45, 7) is 2.13. The van der Waals surface area contributed by atoms with Crippen LogP contribution in [-0.4, -0.2) is 0 Å². The zero-order valence-corrected chi connectivity index (χ0v) is 10.8. The quantitative estimate of drug-likeness (QED) is 0.841. The lowest BCUT2D eigenvalue weighted by molar-refractivity contribution is 0.790. The van der Waals surface area contributed by atoms with Crippen molar-refractivity contribution in [3.8, 4) is 12.1 Å². The summed E-state index contributed by atoms with van der Waals surface area (Å²) in [6.07, 6.45) is 3.44. The minimum absolute atomic E-state index is 0.349. The molecule has 0 aliphatic heterocycles. The van der Waals surface area contributed by atoms with Crippen LogP contribution in [0.25, 0.3) is 0 Å². The average Bonchev–Trinajstić information content (AvgIpc) is 2.27. The SMILES string of the molecule is CCCCc1c(Br)cc(CC#N)cc1C#N. The van der Waals surface area contributed by atoms with Crippen LogP contribution in [0.15, 0.2) is 16.6 Å².